The second-order valence-corrected chi connectivity index (χ2v) is 45.1. The minimum absolute atomic E-state index is 0. The first-order valence-corrected chi connectivity index (χ1v) is 61.9. The van der Waals surface area contributed by atoms with Crippen molar-refractivity contribution in [1.82, 2.24) is 0 Å². The molecule has 0 heterocycles. The van der Waals surface area contributed by atoms with Gasteiger partial charge in [0.25, 0.3) is 0 Å². The van der Waals surface area contributed by atoms with Gasteiger partial charge >= 0.3 is 455 Å². The first-order chi connectivity index (χ1) is 58.8. The summed E-state index contributed by atoms with van der Waals surface area (Å²) in [6.45, 7) is 94.8. The van der Waals surface area contributed by atoms with Gasteiger partial charge in [-0.2, -0.15) is 0 Å². The summed E-state index contributed by atoms with van der Waals surface area (Å²) >= 11 is 13.8. The van der Waals surface area contributed by atoms with E-state index in [1.54, 1.807) is 62.7 Å². The normalized spacial score (nSPS) is 12.6. The molecule has 0 atom stereocenters. The van der Waals surface area contributed by atoms with Gasteiger partial charge in [-0.3, -0.25) is 0 Å². The topological polar surface area (TPSA) is 111 Å². The Kier molecular flexibility index (Phi) is 401. The molecule has 9 fully saturated rings. The standard InChI is InChI=1S/3C5H11N.9C5H10.3C4H9N.3C4H10.3C3H7N.3C3H8.3C2H6.18CH3.9Nb/c3*1-4-5(2,3)6;9*1-2-4-5-3-1;3*1-4(2,3)5;3*1-4(2)3;3*1-3(2)4;3*1-3-2;3*1-2;;;;;;;;;;;;;;;;;;;;;;;;;;;/h3*4H2,1-3H3;9*1-5H2;3*1-3H3;3*4H,1-3H3;3*3H,1-2H3;3*3H2,1-2H3;3*1-2H3;18*1H3;;;;;;;;;/q;;;;;;;;;;;;;;;;;;;;;;;;;;;18*-1;;;;;;;;;. The van der Waals surface area contributed by atoms with Crippen molar-refractivity contribution in [2.75, 3.05) is 0 Å². The summed E-state index contributed by atoms with van der Waals surface area (Å²) < 4.78 is 36.6. The first kappa shape index (κ1) is 256. The fourth-order valence-corrected chi connectivity index (χ4v) is 9.21. The van der Waals surface area contributed by atoms with E-state index in [4.69, 9.17) is 0 Å². The van der Waals surface area contributed by atoms with Gasteiger partial charge in [0, 0.05) is 0 Å². The molecule has 0 amide bonds. The van der Waals surface area contributed by atoms with Crippen LogP contribution in [0, 0.1) is 151 Å². The molecule has 0 radical (unpaired) electrons. The average molecular weight is 2770 g/mol. The summed E-state index contributed by atoms with van der Waals surface area (Å²) in [6, 6.07) is 1.59. The second-order valence-electron chi connectivity index (χ2n) is 40.5. The molecule has 0 unspecified atom stereocenters. The smallest absolute Gasteiger partial charge is 0.358 e. The van der Waals surface area contributed by atoms with Gasteiger partial charge in [0.2, 0.25) is 0 Å². The molecule has 9 aliphatic rings. The molecule has 909 valence electrons. The number of nitrogens with zero attached hydrogens (tertiary/aromatic N) is 9. The monoisotopic (exact) mass is 2770 g/mol. The number of hydrogen-bond acceptors (Lipinski definition) is 9. The summed E-state index contributed by atoms with van der Waals surface area (Å²) in [5.41, 5.74) is 1.26. The van der Waals surface area contributed by atoms with Crippen LogP contribution in [0.25, 0.3) is 0 Å². The van der Waals surface area contributed by atoms with Gasteiger partial charge in [-0.25, -0.2) is 0 Å². The Hall–Kier alpha value is 4.86. The Morgan fingerprint density at radius 2 is 0.194 bits per heavy atom. The average Bonchev–Trinajstić information content (AvgIpc) is 1.99. The third-order valence-corrected chi connectivity index (χ3v) is 28.1. The number of rotatable bonds is 9. The fraction of sp³-hybridized carbons (Fsp3) is 0.857. The molecular formula is C126H297N9Nb9-18. The summed E-state index contributed by atoms with van der Waals surface area (Å²) in [4.78, 5) is 0. The Labute approximate surface area is 1050 Å². The Balaban J connectivity index is -0.0000000247. The maximum Gasteiger partial charge on any atom is -0.358 e. The summed E-state index contributed by atoms with van der Waals surface area (Å²) in [7, 11) is 0. The molecule has 144 heavy (non-hydrogen) atoms. The molecule has 0 aromatic carbocycles. The maximum atomic E-state index is 4.19. The predicted molar refractivity (Wildman–Crippen MR) is 666 cm³/mol. The van der Waals surface area contributed by atoms with Crippen molar-refractivity contribution < 1.29 is 188 Å². The van der Waals surface area contributed by atoms with Crippen molar-refractivity contribution in [1.29, 1.82) is 0 Å². The quantitative estimate of drug-likeness (QED) is 0.162. The van der Waals surface area contributed by atoms with Gasteiger partial charge in [-0.05, 0) is 17.8 Å². The van der Waals surface area contributed by atoms with Crippen LogP contribution in [0.15, 0.2) is 30.0 Å². The SMILES string of the molecule is C1CCCC1.C1CCCC1.C1CCCC1.C1CCCC1.C1CCCC1.C1CCCC1.C1CCCC1.C1CCCC1.C1CCCC1.CC.CC.CC.CC(C)(C)[N]=[Nb].CC(C)(C)[N]=[Nb].CC(C)(C)[N]=[Nb].CC(C)C.CC(C)C.CC(C)C.CC(C)[N]=[Nb].CC(C)[N]=[Nb].CC(C)[N]=[Nb].CCC.CCC.CCC.CCC(C)(C)[N]=[Nb].CCC(C)(C)[N]=[Nb].CCC(C)(C)[N]=[Nb].[CH3-].[CH3-].[CH3-].[CH3-].[CH3-].[CH3-].[CH3-].[CH3-].[CH3-].[CH3-].[CH3-].[CH3-].[CH3-].[CH3-].[CH3-].[CH3-].[CH3-].[CH3-]. The van der Waals surface area contributed by atoms with Crippen LogP contribution in [0.1, 0.15) is 639 Å². The van der Waals surface area contributed by atoms with E-state index in [0.29, 0.717) is 18.1 Å². The third kappa shape index (κ3) is 455. The molecule has 0 aromatic rings. The van der Waals surface area contributed by atoms with Crippen molar-refractivity contribution >= 4 is 0 Å². The van der Waals surface area contributed by atoms with E-state index in [9.17, 15) is 0 Å². The Morgan fingerprint density at radius 1 is 0.153 bits per heavy atom. The van der Waals surface area contributed by atoms with Crippen LogP contribution < -0.4 is 0 Å². The van der Waals surface area contributed by atoms with Crippen LogP contribution in [-0.4, -0.2) is 51.4 Å². The molecule has 0 spiro atoms. The number of hydrogen-bond donors (Lipinski definition) is 0. The fourth-order valence-electron chi connectivity index (χ4n) is 8.17. The molecule has 0 saturated heterocycles. The second kappa shape index (κ2) is 226. The van der Waals surface area contributed by atoms with E-state index in [-0.39, 0.29) is 167 Å². The van der Waals surface area contributed by atoms with Crippen molar-refractivity contribution in [3.63, 3.8) is 0 Å². The minimum Gasteiger partial charge on any atom is -0.358 e. The van der Waals surface area contributed by atoms with Crippen LogP contribution in [0.4, 0.5) is 0 Å². The van der Waals surface area contributed by atoms with Crippen LogP contribution >= 0.6 is 0 Å². The maximum absolute atomic E-state index is 4.19. The van der Waals surface area contributed by atoms with Crippen LogP contribution in [0.2, 0.25) is 0 Å². The Bertz CT molecular complexity index is 1490. The van der Waals surface area contributed by atoms with Crippen LogP contribution in [0.5, 0.6) is 0 Å². The van der Waals surface area contributed by atoms with Gasteiger partial charge in [-0.1, -0.05) is 454 Å². The molecule has 0 aliphatic heterocycles. The van der Waals surface area contributed by atoms with Crippen molar-refractivity contribution in [3.8, 4) is 0 Å². The molecule has 9 aliphatic carbocycles. The molecule has 9 rings (SSSR count). The summed E-state index contributed by atoms with van der Waals surface area (Å²) in [6.07, 6.45) is 74.7. The Morgan fingerprint density at radius 3 is 0.201 bits per heavy atom. The zero-order valence-electron chi connectivity index (χ0n) is 114. The van der Waals surface area contributed by atoms with Gasteiger partial charge in [0.05, 0.1) is 0 Å². The molecule has 0 N–H and O–H groups in total. The van der Waals surface area contributed by atoms with Gasteiger partial charge in [0.1, 0.15) is 0 Å². The molecule has 9 nitrogen and oxygen atoms in total. The largest absolute Gasteiger partial charge is 0.358 e. The molecule has 0 bridgehead atoms. The van der Waals surface area contributed by atoms with Crippen molar-refractivity contribution in [2.45, 2.75) is 690 Å². The summed E-state index contributed by atoms with van der Waals surface area (Å²) in [5, 5.41) is 0. The van der Waals surface area contributed by atoms with E-state index in [0.717, 1.165) is 37.0 Å². The van der Waals surface area contributed by atoms with Gasteiger partial charge in [-0.15, -0.1) is 0 Å². The third-order valence-electron chi connectivity index (χ3n) is 16.3. The van der Waals surface area contributed by atoms with E-state index < -0.39 is 0 Å². The van der Waals surface area contributed by atoms with Crippen LogP contribution in [0.3, 0.4) is 0 Å². The van der Waals surface area contributed by atoms with Gasteiger partial charge in [0.15, 0.2) is 0 Å². The van der Waals surface area contributed by atoms with E-state index >= 15 is 0 Å². The minimum atomic E-state index is 0. The van der Waals surface area contributed by atoms with E-state index in [1.807, 2.05) is 41.5 Å². The zero-order valence-corrected chi connectivity index (χ0v) is 133. The van der Waals surface area contributed by atoms with Gasteiger partial charge < -0.3 is 134 Å². The van der Waals surface area contributed by atoms with Crippen molar-refractivity contribution in [2.24, 2.45) is 47.8 Å². The van der Waals surface area contributed by atoms with Crippen molar-refractivity contribution in [3.05, 3.63) is 134 Å². The predicted octanol–water partition coefficient (Wildman–Crippen LogP) is 51.6. The molecule has 9 saturated carbocycles. The molecule has 18 heteroatoms. The summed E-state index contributed by atoms with van der Waals surface area (Å²) in [5.74, 6) is 2.50. The molecular weight excluding hydrogens is 2480 g/mol. The van der Waals surface area contributed by atoms with E-state index in [1.165, 1.54) is 434 Å². The van der Waals surface area contributed by atoms with E-state index in [2.05, 4.69) is 300 Å². The molecule has 0 aromatic heterocycles. The zero-order chi connectivity index (χ0) is 103. The first-order valence-electron chi connectivity index (χ1n) is 53.0. The van der Waals surface area contributed by atoms with Crippen LogP contribution in [-0.2, 0) is 188 Å².